The summed E-state index contributed by atoms with van der Waals surface area (Å²) in [6.45, 7) is 0. The van der Waals surface area contributed by atoms with Gasteiger partial charge < -0.3 is 5.11 Å². The molecule has 0 saturated carbocycles. The average Bonchev–Trinajstić information content (AvgIpc) is 2.15. The highest BCUT2D eigenvalue weighted by Crippen LogP contribution is 2.44. The van der Waals surface area contributed by atoms with Gasteiger partial charge in [0.2, 0.25) is 0 Å². The van der Waals surface area contributed by atoms with Crippen LogP contribution in [0, 0.1) is 11.3 Å². The van der Waals surface area contributed by atoms with Gasteiger partial charge in [0.05, 0.1) is 11.6 Å². The molecule has 0 bridgehead atoms. The van der Waals surface area contributed by atoms with E-state index in [4.69, 9.17) is 5.26 Å². The van der Waals surface area contributed by atoms with Gasteiger partial charge in [0.25, 0.3) is 0 Å². The fourth-order valence-corrected chi connectivity index (χ4v) is 1.72. The standard InChI is InChI=1S/C9H6Br3NO/c10-9(11,12)8(14)7-3-1-6(5-13)2-4-7/h1-4,8,14H. The molecule has 0 saturated heterocycles. The van der Waals surface area contributed by atoms with Gasteiger partial charge in [0.15, 0.2) is 2.14 Å². The molecule has 1 atom stereocenters. The Hall–Kier alpha value is 0.110. The number of benzene rings is 1. The van der Waals surface area contributed by atoms with Crippen molar-refractivity contribution in [1.29, 1.82) is 5.26 Å². The Balaban J connectivity index is 2.94. The van der Waals surface area contributed by atoms with E-state index in [-0.39, 0.29) is 0 Å². The predicted octanol–water partition coefficient (Wildman–Crippen LogP) is 3.43. The summed E-state index contributed by atoms with van der Waals surface area (Å²) < 4.78 is -0.735. The number of aliphatic hydroxyl groups excluding tert-OH is 1. The molecule has 0 heterocycles. The number of hydrogen-bond donors (Lipinski definition) is 1. The maximum Gasteiger partial charge on any atom is 0.164 e. The van der Waals surface area contributed by atoms with Crippen LogP contribution in [-0.4, -0.2) is 7.25 Å². The fourth-order valence-electron chi connectivity index (χ4n) is 0.929. The van der Waals surface area contributed by atoms with Crippen molar-refractivity contribution in [2.45, 2.75) is 8.25 Å². The van der Waals surface area contributed by atoms with Crippen LogP contribution in [0.25, 0.3) is 0 Å². The Morgan fingerprint density at radius 3 is 2.07 bits per heavy atom. The quantitative estimate of drug-likeness (QED) is 0.755. The lowest BCUT2D eigenvalue weighted by Crippen LogP contribution is -2.14. The van der Waals surface area contributed by atoms with Gasteiger partial charge in [0, 0.05) is 0 Å². The van der Waals surface area contributed by atoms with E-state index in [9.17, 15) is 5.11 Å². The topological polar surface area (TPSA) is 44.0 Å². The third kappa shape index (κ3) is 3.06. The minimum absolute atomic E-state index is 0.574. The summed E-state index contributed by atoms with van der Waals surface area (Å²) in [5.74, 6) is 0. The Labute approximate surface area is 107 Å². The Morgan fingerprint density at radius 2 is 1.71 bits per heavy atom. The summed E-state index contributed by atoms with van der Waals surface area (Å²) in [5.41, 5.74) is 1.29. The predicted molar refractivity (Wildman–Crippen MR) is 65.6 cm³/mol. The molecule has 0 amide bonds. The third-order valence-corrected chi connectivity index (χ3v) is 2.97. The molecule has 1 N–H and O–H groups in total. The second-order valence-electron chi connectivity index (χ2n) is 2.68. The van der Waals surface area contributed by atoms with Crippen LogP contribution in [0.15, 0.2) is 24.3 Å². The molecule has 0 aliphatic rings. The van der Waals surface area contributed by atoms with Crippen molar-refractivity contribution < 1.29 is 5.11 Å². The molecule has 74 valence electrons. The second-order valence-corrected chi connectivity index (χ2v) is 9.62. The smallest absolute Gasteiger partial charge is 0.164 e. The first-order valence-corrected chi connectivity index (χ1v) is 6.08. The molecule has 1 rings (SSSR count). The monoisotopic (exact) mass is 381 g/mol. The summed E-state index contributed by atoms with van der Waals surface area (Å²) in [6, 6.07) is 8.76. The molecule has 0 aromatic heterocycles. The second kappa shape index (κ2) is 4.75. The first-order valence-electron chi connectivity index (χ1n) is 3.70. The molecule has 0 radical (unpaired) electrons. The molecular formula is C9H6Br3NO. The van der Waals surface area contributed by atoms with Crippen LogP contribution in [0.5, 0.6) is 0 Å². The first kappa shape index (κ1) is 12.2. The van der Waals surface area contributed by atoms with Crippen molar-refractivity contribution in [3.05, 3.63) is 35.4 Å². The zero-order valence-electron chi connectivity index (χ0n) is 6.92. The largest absolute Gasteiger partial charge is 0.385 e. The first-order chi connectivity index (χ1) is 6.45. The maximum atomic E-state index is 9.80. The van der Waals surface area contributed by atoms with Gasteiger partial charge in [-0.3, -0.25) is 0 Å². The zero-order chi connectivity index (χ0) is 10.8. The minimum Gasteiger partial charge on any atom is -0.385 e. The normalized spacial score (nSPS) is 13.4. The van der Waals surface area contributed by atoms with Gasteiger partial charge in [0.1, 0.15) is 6.10 Å². The fraction of sp³-hybridized carbons (Fsp3) is 0.222. The summed E-state index contributed by atoms with van der Waals surface area (Å²) in [5, 5.41) is 18.4. The lowest BCUT2D eigenvalue weighted by Gasteiger charge is -2.20. The zero-order valence-corrected chi connectivity index (χ0v) is 11.7. The lowest BCUT2D eigenvalue weighted by atomic mass is 10.1. The molecule has 2 nitrogen and oxygen atoms in total. The van der Waals surface area contributed by atoms with Crippen molar-refractivity contribution in [3.8, 4) is 6.07 Å². The van der Waals surface area contributed by atoms with E-state index >= 15 is 0 Å². The summed E-state index contributed by atoms with van der Waals surface area (Å²) in [6.07, 6.45) is -0.741. The van der Waals surface area contributed by atoms with Crippen molar-refractivity contribution in [3.63, 3.8) is 0 Å². The lowest BCUT2D eigenvalue weighted by molar-refractivity contribution is 0.193. The SMILES string of the molecule is N#Cc1ccc(C(O)C(Br)(Br)Br)cc1. The van der Waals surface area contributed by atoms with Crippen molar-refractivity contribution in [2.24, 2.45) is 0 Å². The van der Waals surface area contributed by atoms with Crippen molar-refractivity contribution in [1.82, 2.24) is 0 Å². The number of nitriles is 1. The van der Waals surface area contributed by atoms with Gasteiger partial charge in [-0.2, -0.15) is 5.26 Å². The van der Waals surface area contributed by atoms with Gasteiger partial charge in [-0.15, -0.1) is 0 Å². The average molecular weight is 384 g/mol. The molecule has 0 spiro atoms. The van der Waals surface area contributed by atoms with E-state index in [0.29, 0.717) is 5.56 Å². The van der Waals surface area contributed by atoms with Gasteiger partial charge in [-0.05, 0) is 17.7 Å². The van der Waals surface area contributed by atoms with E-state index < -0.39 is 8.25 Å². The van der Waals surface area contributed by atoms with E-state index in [1.165, 1.54) is 0 Å². The molecule has 14 heavy (non-hydrogen) atoms. The van der Waals surface area contributed by atoms with Crippen LogP contribution in [-0.2, 0) is 0 Å². The van der Waals surface area contributed by atoms with Gasteiger partial charge >= 0.3 is 0 Å². The van der Waals surface area contributed by atoms with Crippen LogP contribution in [0.1, 0.15) is 17.2 Å². The Bertz CT molecular complexity index is 350. The maximum absolute atomic E-state index is 9.80. The highest BCUT2D eigenvalue weighted by Gasteiger charge is 2.29. The van der Waals surface area contributed by atoms with E-state index in [2.05, 4.69) is 47.8 Å². The highest BCUT2D eigenvalue weighted by atomic mass is 80.0. The Kier molecular flexibility index (Phi) is 4.14. The molecule has 0 aliphatic carbocycles. The van der Waals surface area contributed by atoms with Gasteiger partial charge in [-0.25, -0.2) is 0 Å². The van der Waals surface area contributed by atoms with E-state index in [1.54, 1.807) is 24.3 Å². The third-order valence-electron chi connectivity index (χ3n) is 1.67. The Morgan fingerprint density at radius 1 is 1.21 bits per heavy atom. The van der Waals surface area contributed by atoms with Crippen LogP contribution >= 0.6 is 47.8 Å². The summed E-state index contributed by atoms with van der Waals surface area (Å²) in [7, 11) is 0. The molecule has 5 heteroatoms. The molecule has 0 aliphatic heterocycles. The minimum atomic E-state index is -0.741. The van der Waals surface area contributed by atoms with E-state index in [1.807, 2.05) is 6.07 Å². The van der Waals surface area contributed by atoms with Crippen LogP contribution in [0.4, 0.5) is 0 Å². The molecule has 1 aromatic rings. The van der Waals surface area contributed by atoms with Crippen LogP contribution in [0.2, 0.25) is 0 Å². The van der Waals surface area contributed by atoms with Crippen molar-refractivity contribution >= 4 is 47.8 Å². The van der Waals surface area contributed by atoms with Crippen molar-refractivity contribution in [2.75, 3.05) is 0 Å². The number of rotatable bonds is 1. The van der Waals surface area contributed by atoms with Crippen LogP contribution < -0.4 is 0 Å². The number of alkyl halides is 3. The van der Waals surface area contributed by atoms with Gasteiger partial charge in [-0.1, -0.05) is 59.9 Å². The molecule has 0 fully saturated rings. The highest BCUT2D eigenvalue weighted by molar-refractivity contribution is 9.39. The summed E-state index contributed by atoms with van der Waals surface area (Å²) in [4.78, 5) is 0. The molecular weight excluding hydrogens is 378 g/mol. The molecule has 1 unspecified atom stereocenters. The summed E-state index contributed by atoms with van der Waals surface area (Å²) >= 11 is 9.70. The number of nitrogens with zero attached hydrogens (tertiary/aromatic N) is 1. The number of hydrogen-bond acceptors (Lipinski definition) is 2. The van der Waals surface area contributed by atoms with Crippen LogP contribution in [0.3, 0.4) is 0 Å². The number of halogens is 3. The van der Waals surface area contributed by atoms with E-state index in [0.717, 1.165) is 5.56 Å². The molecule has 1 aromatic carbocycles. The number of aliphatic hydroxyl groups is 1.